The third-order valence-corrected chi connectivity index (χ3v) is 4.88. The molecule has 2 heterocycles. The predicted octanol–water partition coefficient (Wildman–Crippen LogP) is 4.22. The Morgan fingerprint density at radius 1 is 1.17 bits per heavy atom. The molecule has 1 N–H and O–H groups in total. The second kappa shape index (κ2) is 8.32. The minimum atomic E-state index is -0.406. The Morgan fingerprint density at radius 2 is 1.93 bits per heavy atom. The van der Waals surface area contributed by atoms with Gasteiger partial charge < -0.3 is 19.0 Å². The Hall–Kier alpha value is -3.38. The Labute approximate surface area is 169 Å². The van der Waals surface area contributed by atoms with E-state index >= 15 is 0 Å². The van der Waals surface area contributed by atoms with Gasteiger partial charge in [0.05, 0.1) is 6.61 Å². The maximum atomic E-state index is 13.3. The Kier molecular flexibility index (Phi) is 5.44. The molecule has 6 nitrogen and oxygen atoms in total. The molecule has 29 heavy (non-hydrogen) atoms. The van der Waals surface area contributed by atoms with Crippen LogP contribution in [0, 0.1) is 0 Å². The van der Waals surface area contributed by atoms with Crippen LogP contribution >= 0.6 is 0 Å². The number of aromatic nitrogens is 2. The monoisotopic (exact) mass is 389 g/mol. The first-order valence-electron chi connectivity index (χ1n) is 9.60. The van der Waals surface area contributed by atoms with E-state index in [4.69, 9.17) is 9.15 Å². The number of furan rings is 1. The number of para-hydroxylation sites is 1. The number of carbonyl (C=O) groups is 1. The van der Waals surface area contributed by atoms with Crippen LogP contribution in [-0.4, -0.2) is 22.1 Å². The van der Waals surface area contributed by atoms with Crippen LogP contribution in [0.2, 0.25) is 0 Å². The average molecular weight is 389 g/mol. The normalized spacial score (nSPS) is 12.2. The second-order valence-corrected chi connectivity index (χ2v) is 6.76. The zero-order valence-electron chi connectivity index (χ0n) is 16.5. The van der Waals surface area contributed by atoms with Gasteiger partial charge in [-0.1, -0.05) is 48.5 Å². The largest absolute Gasteiger partial charge is 0.451 e. The van der Waals surface area contributed by atoms with Crippen LogP contribution in [0.5, 0.6) is 0 Å². The van der Waals surface area contributed by atoms with Crippen LogP contribution in [0.25, 0.3) is 11.0 Å². The first-order chi connectivity index (χ1) is 14.2. The van der Waals surface area contributed by atoms with Gasteiger partial charge in [0, 0.05) is 37.0 Å². The molecule has 148 valence electrons. The number of benzene rings is 2. The summed E-state index contributed by atoms with van der Waals surface area (Å²) < 4.78 is 13.4. The first kappa shape index (κ1) is 19.0. The van der Waals surface area contributed by atoms with E-state index in [1.807, 2.05) is 79.3 Å². The number of nitrogens with zero attached hydrogens (tertiary/aromatic N) is 2. The molecule has 0 bridgehead atoms. The van der Waals surface area contributed by atoms with Crippen LogP contribution in [0.15, 0.2) is 71.4 Å². The summed E-state index contributed by atoms with van der Waals surface area (Å²) in [5.41, 5.74) is 2.37. The minimum absolute atomic E-state index is 0.273. The van der Waals surface area contributed by atoms with Crippen molar-refractivity contribution in [2.24, 2.45) is 7.05 Å². The van der Waals surface area contributed by atoms with Crippen molar-refractivity contribution in [2.45, 2.75) is 19.6 Å². The fourth-order valence-corrected chi connectivity index (χ4v) is 3.42. The molecule has 0 spiro atoms. The second-order valence-electron chi connectivity index (χ2n) is 6.76. The molecule has 0 saturated heterocycles. The fourth-order valence-electron chi connectivity index (χ4n) is 3.42. The number of imidazole rings is 1. The van der Waals surface area contributed by atoms with E-state index in [-0.39, 0.29) is 11.7 Å². The van der Waals surface area contributed by atoms with E-state index in [0.29, 0.717) is 18.8 Å². The highest BCUT2D eigenvalue weighted by molar-refractivity contribution is 5.99. The van der Waals surface area contributed by atoms with Crippen molar-refractivity contribution in [1.29, 1.82) is 0 Å². The van der Waals surface area contributed by atoms with E-state index in [9.17, 15) is 4.79 Å². The first-order valence-corrected chi connectivity index (χ1v) is 9.60. The van der Waals surface area contributed by atoms with Gasteiger partial charge in [0.15, 0.2) is 5.76 Å². The number of amides is 1. The fraction of sp³-hybridized carbons (Fsp3) is 0.217. The molecule has 4 rings (SSSR count). The van der Waals surface area contributed by atoms with E-state index in [2.05, 4.69) is 10.3 Å². The molecule has 0 fully saturated rings. The van der Waals surface area contributed by atoms with Crippen molar-refractivity contribution in [3.63, 3.8) is 0 Å². The summed E-state index contributed by atoms with van der Waals surface area (Å²) in [5, 5.41) is 3.99. The molecular formula is C23H23N3O3. The third kappa shape index (κ3) is 3.79. The number of rotatable bonds is 7. The van der Waals surface area contributed by atoms with Crippen LogP contribution in [0.1, 0.15) is 40.5 Å². The van der Waals surface area contributed by atoms with Crippen LogP contribution in [0.3, 0.4) is 0 Å². The predicted molar refractivity (Wildman–Crippen MR) is 111 cm³/mol. The highest BCUT2D eigenvalue weighted by Gasteiger charge is 2.26. The lowest BCUT2D eigenvalue weighted by atomic mass is 10.1. The number of fused-ring (bicyclic) bond motifs is 1. The van der Waals surface area contributed by atoms with Crippen LogP contribution in [-0.2, 0) is 18.4 Å². The molecule has 0 radical (unpaired) electrons. The van der Waals surface area contributed by atoms with Gasteiger partial charge in [-0.2, -0.15) is 0 Å². The lowest BCUT2D eigenvalue weighted by Gasteiger charge is -2.19. The van der Waals surface area contributed by atoms with Crippen molar-refractivity contribution in [2.75, 3.05) is 6.61 Å². The molecule has 0 aliphatic rings. The summed E-state index contributed by atoms with van der Waals surface area (Å²) >= 11 is 0. The van der Waals surface area contributed by atoms with E-state index in [1.54, 1.807) is 6.20 Å². The molecule has 0 aliphatic carbocycles. The number of hydrogen-bond donors (Lipinski definition) is 1. The zero-order valence-corrected chi connectivity index (χ0v) is 16.5. The summed E-state index contributed by atoms with van der Waals surface area (Å²) in [7, 11) is 1.91. The molecule has 0 saturated carbocycles. The third-order valence-electron chi connectivity index (χ3n) is 4.88. The highest BCUT2D eigenvalue weighted by atomic mass is 16.5. The number of aryl methyl sites for hydroxylation is 1. The molecule has 6 heteroatoms. The molecule has 2 aromatic heterocycles. The molecular weight excluding hydrogens is 366 g/mol. The van der Waals surface area contributed by atoms with Crippen LogP contribution < -0.4 is 5.32 Å². The molecule has 2 aromatic carbocycles. The van der Waals surface area contributed by atoms with Gasteiger partial charge in [-0.15, -0.1) is 0 Å². The maximum absolute atomic E-state index is 13.3. The SMILES string of the molecule is CCOCc1c(C(=O)N[C@H](c2ccccc2)c2nccn2C)oc2ccccc12. The van der Waals surface area contributed by atoms with Crippen molar-refractivity contribution < 1.29 is 13.9 Å². The number of ether oxygens (including phenoxy) is 1. The van der Waals surface area contributed by atoms with Crippen molar-refractivity contribution in [3.05, 3.63) is 89.7 Å². The van der Waals surface area contributed by atoms with E-state index < -0.39 is 6.04 Å². The molecule has 4 aromatic rings. The summed E-state index contributed by atoms with van der Waals surface area (Å²) in [6.07, 6.45) is 3.58. The van der Waals surface area contributed by atoms with Crippen molar-refractivity contribution in [3.8, 4) is 0 Å². The lowest BCUT2D eigenvalue weighted by molar-refractivity contribution is 0.0902. The summed E-state index contributed by atoms with van der Waals surface area (Å²) in [6, 6.07) is 17.0. The van der Waals surface area contributed by atoms with E-state index in [1.165, 1.54) is 0 Å². The minimum Gasteiger partial charge on any atom is -0.451 e. The summed E-state index contributed by atoms with van der Waals surface area (Å²) in [4.78, 5) is 17.7. The standard InChI is InChI=1S/C23H23N3O3/c1-3-28-15-18-17-11-7-8-12-19(17)29-21(18)23(27)25-20(16-9-5-4-6-10-16)22-24-13-14-26(22)2/h4-14,20H,3,15H2,1-2H3,(H,25,27)/t20-/m1/s1. The Balaban J connectivity index is 1.72. The number of nitrogens with one attached hydrogen (secondary N) is 1. The van der Waals surface area contributed by atoms with E-state index in [0.717, 1.165) is 22.3 Å². The molecule has 1 atom stereocenters. The summed E-state index contributed by atoms with van der Waals surface area (Å²) in [6.45, 7) is 2.80. The highest BCUT2D eigenvalue weighted by Crippen LogP contribution is 2.28. The Bertz CT molecular complexity index is 1110. The summed E-state index contributed by atoms with van der Waals surface area (Å²) in [5.74, 6) is 0.717. The molecule has 0 unspecified atom stereocenters. The molecule has 1 amide bonds. The Morgan fingerprint density at radius 3 is 2.66 bits per heavy atom. The van der Waals surface area contributed by atoms with Gasteiger partial charge in [0.25, 0.3) is 5.91 Å². The maximum Gasteiger partial charge on any atom is 0.288 e. The van der Waals surface area contributed by atoms with Crippen molar-refractivity contribution in [1.82, 2.24) is 14.9 Å². The topological polar surface area (TPSA) is 69.3 Å². The number of carbonyl (C=O) groups excluding carboxylic acids is 1. The van der Waals surface area contributed by atoms with Gasteiger partial charge in [0.1, 0.15) is 17.4 Å². The lowest BCUT2D eigenvalue weighted by Crippen LogP contribution is -2.31. The van der Waals surface area contributed by atoms with Gasteiger partial charge in [-0.25, -0.2) is 4.98 Å². The molecule has 0 aliphatic heterocycles. The van der Waals surface area contributed by atoms with Gasteiger partial charge >= 0.3 is 0 Å². The smallest absolute Gasteiger partial charge is 0.288 e. The number of hydrogen-bond acceptors (Lipinski definition) is 4. The van der Waals surface area contributed by atoms with Gasteiger partial charge in [-0.3, -0.25) is 4.79 Å². The average Bonchev–Trinajstić information content (AvgIpc) is 3.34. The van der Waals surface area contributed by atoms with Gasteiger partial charge in [0.2, 0.25) is 0 Å². The zero-order chi connectivity index (χ0) is 20.2. The van der Waals surface area contributed by atoms with Crippen LogP contribution in [0.4, 0.5) is 0 Å². The van der Waals surface area contributed by atoms with Gasteiger partial charge in [-0.05, 0) is 18.6 Å². The quantitative estimate of drug-likeness (QED) is 0.514. The van der Waals surface area contributed by atoms with Crippen molar-refractivity contribution >= 4 is 16.9 Å².